The molecule has 0 spiro atoms. The molecule has 9 heteroatoms. The number of sulfonamides is 1. The average Bonchev–Trinajstić information content (AvgIpc) is 2.88. The highest BCUT2D eigenvalue weighted by Gasteiger charge is 2.34. The van der Waals surface area contributed by atoms with Crippen LogP contribution in [0.3, 0.4) is 0 Å². The van der Waals surface area contributed by atoms with Gasteiger partial charge in [-0.3, -0.25) is 4.79 Å². The van der Waals surface area contributed by atoms with Crippen LogP contribution in [0.4, 0.5) is 8.78 Å². The predicted octanol–water partition coefficient (Wildman–Crippen LogP) is 3.29. The second-order valence-electron chi connectivity index (χ2n) is 7.50. The van der Waals surface area contributed by atoms with Crippen molar-refractivity contribution in [1.82, 2.24) is 9.80 Å². The van der Waals surface area contributed by atoms with Gasteiger partial charge in [-0.25, -0.2) is 8.78 Å². The van der Waals surface area contributed by atoms with Crippen molar-refractivity contribution in [3.8, 4) is 0 Å². The lowest BCUT2D eigenvalue weighted by molar-refractivity contribution is 0.0763. The maximum Gasteiger partial charge on any atom is 0.285 e. The van der Waals surface area contributed by atoms with Gasteiger partial charge in [-0.1, -0.05) is 30.3 Å². The zero-order chi connectivity index (χ0) is 22.2. The quantitative estimate of drug-likeness (QED) is 0.711. The molecule has 0 unspecified atom stereocenters. The summed E-state index contributed by atoms with van der Waals surface area (Å²) in [6.07, 6.45) is 0.566. The van der Waals surface area contributed by atoms with Gasteiger partial charge in [0.05, 0.1) is 0 Å². The van der Waals surface area contributed by atoms with E-state index in [0.29, 0.717) is 43.0 Å². The first kappa shape index (κ1) is 21.2. The third kappa shape index (κ3) is 4.23. The van der Waals surface area contributed by atoms with Crippen molar-refractivity contribution in [2.24, 2.45) is 4.40 Å². The maximum atomic E-state index is 13.5. The molecular formula is C22H21F2N3O3S. The molecule has 2 aromatic rings. The minimum absolute atomic E-state index is 0.0471. The molecule has 2 aromatic carbocycles. The van der Waals surface area contributed by atoms with Gasteiger partial charge in [0.1, 0.15) is 22.4 Å². The number of amidine groups is 1. The number of rotatable bonds is 2. The molecule has 0 N–H and O–H groups in total. The number of hydrogen-bond donors (Lipinski definition) is 0. The van der Waals surface area contributed by atoms with Gasteiger partial charge in [0.25, 0.3) is 15.9 Å². The molecule has 1 amide bonds. The van der Waals surface area contributed by atoms with E-state index in [1.165, 1.54) is 4.90 Å². The van der Waals surface area contributed by atoms with Crippen LogP contribution in [0.5, 0.6) is 0 Å². The van der Waals surface area contributed by atoms with E-state index in [1.807, 2.05) is 11.0 Å². The predicted molar refractivity (Wildman–Crippen MR) is 114 cm³/mol. The van der Waals surface area contributed by atoms with Crippen molar-refractivity contribution in [1.29, 1.82) is 0 Å². The summed E-state index contributed by atoms with van der Waals surface area (Å²) in [5, 5.41) is 0. The van der Waals surface area contributed by atoms with E-state index >= 15 is 0 Å². The number of nitrogens with zero attached hydrogens (tertiary/aromatic N) is 3. The normalized spacial score (nSPS) is 18.7. The summed E-state index contributed by atoms with van der Waals surface area (Å²) in [6, 6.07) is 11.6. The summed E-state index contributed by atoms with van der Waals surface area (Å²) in [4.78, 5) is 16.3. The van der Waals surface area contributed by atoms with Crippen LogP contribution in [0.2, 0.25) is 0 Å². The second-order valence-corrected chi connectivity index (χ2v) is 9.04. The van der Waals surface area contributed by atoms with Crippen LogP contribution >= 0.6 is 0 Å². The lowest BCUT2D eigenvalue weighted by Crippen LogP contribution is -2.37. The molecule has 0 atom stereocenters. The molecule has 2 heterocycles. The minimum atomic E-state index is -3.82. The van der Waals surface area contributed by atoms with E-state index in [2.05, 4.69) is 4.40 Å². The van der Waals surface area contributed by atoms with Crippen LogP contribution in [0.15, 0.2) is 58.5 Å². The molecule has 4 rings (SSSR count). The molecule has 2 aliphatic heterocycles. The maximum absolute atomic E-state index is 13.5. The molecule has 162 valence electrons. The van der Waals surface area contributed by atoms with Crippen LogP contribution in [0.25, 0.3) is 4.91 Å². The smallest absolute Gasteiger partial charge is 0.285 e. The third-order valence-electron chi connectivity index (χ3n) is 5.37. The van der Waals surface area contributed by atoms with Crippen molar-refractivity contribution < 1.29 is 22.0 Å². The Morgan fingerprint density at radius 1 is 0.968 bits per heavy atom. The molecular weight excluding hydrogens is 424 g/mol. The summed E-state index contributed by atoms with van der Waals surface area (Å²) >= 11 is 0. The Hall–Kier alpha value is -3.07. The van der Waals surface area contributed by atoms with E-state index in [0.717, 1.165) is 18.2 Å². The fourth-order valence-corrected chi connectivity index (χ4v) is 5.45. The Morgan fingerprint density at radius 3 is 2.32 bits per heavy atom. The number of carbonyl (C=O) groups is 1. The highest BCUT2D eigenvalue weighted by molar-refractivity contribution is 8.00. The van der Waals surface area contributed by atoms with Crippen molar-refractivity contribution >= 4 is 26.7 Å². The van der Waals surface area contributed by atoms with Crippen LogP contribution < -0.4 is 0 Å². The number of hydrogen-bond acceptors (Lipinski definition) is 4. The van der Waals surface area contributed by atoms with Gasteiger partial charge < -0.3 is 9.80 Å². The van der Waals surface area contributed by atoms with Gasteiger partial charge in [-0.2, -0.15) is 8.42 Å². The van der Waals surface area contributed by atoms with Crippen LogP contribution in [-0.4, -0.2) is 56.1 Å². The molecule has 0 aromatic heterocycles. The van der Waals surface area contributed by atoms with Gasteiger partial charge in [-0.15, -0.1) is 4.40 Å². The van der Waals surface area contributed by atoms with Gasteiger partial charge in [0.2, 0.25) is 0 Å². The number of halogens is 2. The van der Waals surface area contributed by atoms with Gasteiger partial charge in [0, 0.05) is 43.4 Å². The molecule has 1 saturated heterocycles. The lowest BCUT2D eigenvalue weighted by atomic mass is 10.1. The molecule has 0 bridgehead atoms. The first-order valence-corrected chi connectivity index (χ1v) is 11.3. The third-order valence-corrected chi connectivity index (χ3v) is 6.84. The summed E-state index contributed by atoms with van der Waals surface area (Å²) in [5.74, 6) is -1.69. The van der Waals surface area contributed by atoms with Crippen molar-refractivity contribution in [3.05, 3.63) is 76.9 Å². The standard InChI is InChI=1S/C22H21F2N3O3S/c1-15-20(16-6-3-2-4-7-16)31(29,30)25-21(15)26-8-5-9-27(11-10-26)22(28)17-12-18(23)14-19(24)13-17/h2-4,6-7,12-14H,5,8-11H2,1H3. The Morgan fingerprint density at radius 2 is 1.65 bits per heavy atom. The molecule has 0 aliphatic carbocycles. The molecule has 1 fully saturated rings. The Bertz CT molecular complexity index is 1170. The average molecular weight is 445 g/mol. The van der Waals surface area contributed by atoms with Gasteiger partial charge >= 0.3 is 0 Å². The van der Waals surface area contributed by atoms with Crippen LogP contribution in [0, 0.1) is 11.6 Å². The van der Waals surface area contributed by atoms with Gasteiger partial charge in [-0.05, 0) is 31.0 Å². The zero-order valence-corrected chi connectivity index (χ0v) is 17.7. The summed E-state index contributed by atoms with van der Waals surface area (Å²) in [5.41, 5.74) is 1.10. The molecule has 6 nitrogen and oxygen atoms in total. The Balaban J connectivity index is 1.55. The zero-order valence-electron chi connectivity index (χ0n) is 16.9. The number of benzene rings is 2. The van der Waals surface area contributed by atoms with E-state index in [4.69, 9.17) is 0 Å². The largest absolute Gasteiger partial charge is 0.354 e. The summed E-state index contributed by atoms with van der Waals surface area (Å²) < 4.78 is 56.5. The number of amides is 1. The SMILES string of the molecule is CC1=C(c2ccccc2)S(=O)(=O)N=C1N1CCCN(C(=O)c2cc(F)cc(F)c2)CC1. The highest BCUT2D eigenvalue weighted by Crippen LogP contribution is 2.33. The van der Waals surface area contributed by atoms with Crippen LogP contribution in [0.1, 0.15) is 29.3 Å². The topological polar surface area (TPSA) is 70.1 Å². The van der Waals surface area contributed by atoms with E-state index < -0.39 is 27.6 Å². The van der Waals surface area contributed by atoms with Crippen molar-refractivity contribution in [2.45, 2.75) is 13.3 Å². The van der Waals surface area contributed by atoms with E-state index in [9.17, 15) is 22.0 Å². The Kier molecular flexibility index (Phi) is 5.62. The first-order valence-electron chi connectivity index (χ1n) is 9.88. The molecule has 31 heavy (non-hydrogen) atoms. The summed E-state index contributed by atoms with van der Waals surface area (Å²) in [7, 11) is -3.82. The van der Waals surface area contributed by atoms with E-state index in [-0.39, 0.29) is 17.0 Å². The monoisotopic (exact) mass is 445 g/mol. The van der Waals surface area contributed by atoms with Crippen molar-refractivity contribution in [3.63, 3.8) is 0 Å². The molecule has 0 saturated carbocycles. The molecule has 0 radical (unpaired) electrons. The minimum Gasteiger partial charge on any atom is -0.354 e. The Labute approximate surface area is 179 Å². The fraction of sp³-hybridized carbons (Fsp3) is 0.273. The van der Waals surface area contributed by atoms with Crippen molar-refractivity contribution in [2.75, 3.05) is 26.2 Å². The first-order chi connectivity index (χ1) is 14.8. The second kappa shape index (κ2) is 8.22. The highest BCUT2D eigenvalue weighted by atomic mass is 32.2. The van der Waals surface area contributed by atoms with Gasteiger partial charge in [0.15, 0.2) is 0 Å². The summed E-state index contributed by atoms with van der Waals surface area (Å²) in [6.45, 7) is 3.27. The fourth-order valence-electron chi connectivity index (χ4n) is 3.97. The lowest BCUT2D eigenvalue weighted by Gasteiger charge is -2.24. The molecule has 2 aliphatic rings. The van der Waals surface area contributed by atoms with Crippen LogP contribution in [-0.2, 0) is 10.0 Å². The number of carbonyl (C=O) groups excluding carboxylic acids is 1. The van der Waals surface area contributed by atoms with E-state index in [1.54, 1.807) is 31.2 Å².